The van der Waals surface area contributed by atoms with Crippen LogP contribution in [0.1, 0.15) is 43.1 Å². The van der Waals surface area contributed by atoms with Crippen LogP contribution in [-0.2, 0) is 16.1 Å². The van der Waals surface area contributed by atoms with Gasteiger partial charge in [-0.15, -0.1) is 0 Å². The van der Waals surface area contributed by atoms with Crippen molar-refractivity contribution < 1.29 is 14.4 Å². The topological polar surface area (TPSA) is 69.7 Å². The Kier molecular flexibility index (Phi) is 6.45. The van der Waals surface area contributed by atoms with Gasteiger partial charge in [0.2, 0.25) is 11.8 Å². The molecule has 33 heavy (non-hydrogen) atoms. The van der Waals surface area contributed by atoms with Crippen LogP contribution in [0.2, 0.25) is 0 Å². The van der Waals surface area contributed by atoms with Crippen molar-refractivity contribution in [3.63, 3.8) is 0 Å². The second-order valence-electron chi connectivity index (χ2n) is 8.57. The highest BCUT2D eigenvalue weighted by atomic mass is 16.2. The number of nitrogens with zero attached hydrogens (tertiary/aromatic N) is 2. The maximum atomic E-state index is 13.6. The van der Waals surface area contributed by atoms with E-state index in [1.54, 1.807) is 17.9 Å². The number of anilines is 1. The van der Waals surface area contributed by atoms with Gasteiger partial charge in [-0.2, -0.15) is 0 Å². The monoisotopic (exact) mass is 443 g/mol. The van der Waals surface area contributed by atoms with Crippen LogP contribution in [0, 0.1) is 0 Å². The first-order valence-corrected chi connectivity index (χ1v) is 11.4. The molecule has 0 unspecified atom stereocenters. The van der Waals surface area contributed by atoms with Gasteiger partial charge in [0.25, 0.3) is 5.91 Å². The molecule has 4 rings (SSSR count). The largest absolute Gasteiger partial charge is 0.352 e. The summed E-state index contributed by atoms with van der Waals surface area (Å²) in [6.45, 7) is 5.84. The van der Waals surface area contributed by atoms with Crippen molar-refractivity contribution in [3.8, 4) is 0 Å². The fraction of sp³-hybridized carbons (Fsp3) is 0.296. The summed E-state index contributed by atoms with van der Waals surface area (Å²) in [4.78, 5) is 42.7. The molecule has 1 aliphatic heterocycles. The summed E-state index contributed by atoms with van der Waals surface area (Å²) < 4.78 is 0. The quantitative estimate of drug-likeness (QED) is 0.569. The van der Waals surface area contributed by atoms with Crippen LogP contribution in [0.25, 0.3) is 10.8 Å². The molecule has 2 atom stereocenters. The molecule has 0 saturated heterocycles. The van der Waals surface area contributed by atoms with E-state index in [0.29, 0.717) is 5.56 Å². The van der Waals surface area contributed by atoms with Gasteiger partial charge in [-0.25, -0.2) is 0 Å². The number of amides is 3. The summed E-state index contributed by atoms with van der Waals surface area (Å²) in [7, 11) is 0. The molecule has 0 radical (unpaired) electrons. The summed E-state index contributed by atoms with van der Waals surface area (Å²) in [5.74, 6) is -0.665. The molecule has 0 saturated carbocycles. The van der Waals surface area contributed by atoms with Gasteiger partial charge in [-0.05, 0) is 43.4 Å². The number of carbonyl (C=O) groups is 3. The number of carbonyl (C=O) groups excluding carboxylic acids is 3. The average molecular weight is 444 g/mol. The molecular weight excluding hydrogens is 414 g/mol. The number of hydrogen-bond donors (Lipinski definition) is 1. The van der Waals surface area contributed by atoms with Crippen molar-refractivity contribution in [2.24, 2.45) is 0 Å². The molecule has 0 aromatic heterocycles. The van der Waals surface area contributed by atoms with Crippen LogP contribution in [0.15, 0.2) is 66.7 Å². The van der Waals surface area contributed by atoms with Gasteiger partial charge in [0.15, 0.2) is 0 Å². The minimum Gasteiger partial charge on any atom is -0.352 e. The number of rotatable bonds is 8. The lowest BCUT2D eigenvalue weighted by molar-refractivity contribution is -0.139. The Morgan fingerprint density at radius 3 is 2.36 bits per heavy atom. The number of hydrogen-bond acceptors (Lipinski definition) is 3. The molecule has 170 valence electrons. The van der Waals surface area contributed by atoms with Crippen molar-refractivity contribution in [1.29, 1.82) is 0 Å². The number of benzene rings is 3. The Morgan fingerprint density at radius 2 is 1.67 bits per heavy atom. The normalized spacial score (nSPS) is 14.3. The third-order valence-corrected chi connectivity index (χ3v) is 6.31. The van der Waals surface area contributed by atoms with E-state index in [1.165, 1.54) is 4.90 Å². The lowest BCUT2D eigenvalue weighted by atomic mass is 10.1. The molecule has 0 fully saturated rings. The highest BCUT2D eigenvalue weighted by Crippen LogP contribution is 2.37. The highest BCUT2D eigenvalue weighted by molar-refractivity contribution is 6.26. The van der Waals surface area contributed by atoms with E-state index in [1.807, 2.05) is 74.5 Å². The lowest BCUT2D eigenvalue weighted by Crippen LogP contribution is -2.52. The lowest BCUT2D eigenvalue weighted by Gasteiger charge is -2.31. The molecule has 6 heteroatoms. The Hall–Kier alpha value is -3.67. The van der Waals surface area contributed by atoms with Crippen molar-refractivity contribution in [2.45, 2.75) is 45.8 Å². The first kappa shape index (κ1) is 22.5. The van der Waals surface area contributed by atoms with Crippen LogP contribution in [-0.4, -0.2) is 41.2 Å². The molecular formula is C27H29N3O3. The van der Waals surface area contributed by atoms with Crippen molar-refractivity contribution in [1.82, 2.24) is 10.2 Å². The van der Waals surface area contributed by atoms with Crippen LogP contribution in [0.3, 0.4) is 0 Å². The fourth-order valence-electron chi connectivity index (χ4n) is 4.19. The van der Waals surface area contributed by atoms with E-state index in [4.69, 9.17) is 0 Å². The van der Waals surface area contributed by atoms with E-state index < -0.39 is 6.04 Å². The van der Waals surface area contributed by atoms with Crippen molar-refractivity contribution >= 4 is 34.2 Å². The molecule has 3 aromatic rings. The van der Waals surface area contributed by atoms with Gasteiger partial charge in [-0.3, -0.25) is 19.3 Å². The van der Waals surface area contributed by atoms with E-state index in [-0.39, 0.29) is 36.9 Å². The Balaban J connectivity index is 1.61. The zero-order valence-corrected chi connectivity index (χ0v) is 19.2. The van der Waals surface area contributed by atoms with E-state index >= 15 is 0 Å². The minimum absolute atomic E-state index is 0.0147. The molecule has 1 aliphatic rings. The maximum absolute atomic E-state index is 13.6. The summed E-state index contributed by atoms with van der Waals surface area (Å²) in [6.07, 6.45) is 0.801. The predicted octanol–water partition coefficient (Wildman–Crippen LogP) is 4.13. The molecule has 3 aromatic carbocycles. The van der Waals surface area contributed by atoms with Crippen molar-refractivity contribution in [2.75, 3.05) is 11.4 Å². The van der Waals surface area contributed by atoms with Gasteiger partial charge in [0, 0.05) is 23.5 Å². The maximum Gasteiger partial charge on any atom is 0.259 e. The van der Waals surface area contributed by atoms with Gasteiger partial charge < -0.3 is 10.2 Å². The Labute approximate surface area is 194 Å². The van der Waals surface area contributed by atoms with Crippen LogP contribution in [0.5, 0.6) is 0 Å². The zero-order chi connectivity index (χ0) is 23.5. The average Bonchev–Trinajstić information content (AvgIpc) is 3.10. The third-order valence-electron chi connectivity index (χ3n) is 6.31. The molecule has 0 spiro atoms. The van der Waals surface area contributed by atoms with Crippen molar-refractivity contribution in [3.05, 3.63) is 77.9 Å². The van der Waals surface area contributed by atoms with E-state index in [9.17, 15) is 14.4 Å². The second-order valence-corrected chi connectivity index (χ2v) is 8.57. The predicted molar refractivity (Wildman–Crippen MR) is 130 cm³/mol. The SMILES string of the molecule is CC[C@@H](C)NC(=O)[C@H](C)N(Cc1ccccc1)C(=O)CN1C(=O)c2cccc3cccc1c23. The molecule has 3 amide bonds. The summed E-state index contributed by atoms with van der Waals surface area (Å²) in [5.41, 5.74) is 2.26. The minimum atomic E-state index is -0.678. The second kappa shape index (κ2) is 9.45. The molecule has 1 heterocycles. The first-order valence-electron chi connectivity index (χ1n) is 11.4. The first-order chi connectivity index (χ1) is 15.9. The Bertz CT molecular complexity index is 1190. The van der Waals surface area contributed by atoms with Gasteiger partial charge in [0.1, 0.15) is 12.6 Å². The fourth-order valence-corrected chi connectivity index (χ4v) is 4.19. The summed E-state index contributed by atoms with van der Waals surface area (Å²) in [5, 5.41) is 4.81. The van der Waals surface area contributed by atoms with Crippen LogP contribution in [0.4, 0.5) is 5.69 Å². The third kappa shape index (κ3) is 4.46. The molecule has 6 nitrogen and oxygen atoms in total. The van der Waals surface area contributed by atoms with Gasteiger partial charge in [-0.1, -0.05) is 61.5 Å². The number of nitrogens with one attached hydrogen (secondary N) is 1. The zero-order valence-electron chi connectivity index (χ0n) is 19.2. The van der Waals surface area contributed by atoms with Gasteiger partial charge >= 0.3 is 0 Å². The smallest absolute Gasteiger partial charge is 0.259 e. The summed E-state index contributed by atoms with van der Waals surface area (Å²) >= 11 is 0. The Morgan fingerprint density at radius 1 is 0.970 bits per heavy atom. The molecule has 1 N–H and O–H groups in total. The standard InChI is InChI=1S/C27H29N3O3/c1-4-18(2)28-26(32)19(3)29(16-20-10-6-5-7-11-20)24(31)17-30-23-15-9-13-21-12-8-14-22(25(21)23)27(30)33/h5-15,18-19H,4,16-17H2,1-3H3,(H,28,32)/t18-,19+/m1/s1. The molecule has 0 aliphatic carbocycles. The van der Waals surface area contributed by atoms with E-state index in [2.05, 4.69) is 5.32 Å². The van der Waals surface area contributed by atoms with E-state index in [0.717, 1.165) is 28.4 Å². The molecule has 0 bridgehead atoms. The van der Waals surface area contributed by atoms with Crippen LogP contribution >= 0.6 is 0 Å². The summed E-state index contributed by atoms with van der Waals surface area (Å²) in [6, 6.07) is 20.2. The van der Waals surface area contributed by atoms with Gasteiger partial charge in [0.05, 0.1) is 5.69 Å². The highest BCUT2D eigenvalue weighted by Gasteiger charge is 2.34. The van der Waals surface area contributed by atoms with Crippen LogP contribution < -0.4 is 10.2 Å².